The summed E-state index contributed by atoms with van der Waals surface area (Å²) >= 11 is 0. The van der Waals surface area contributed by atoms with Crippen LogP contribution in [0.25, 0.3) is 0 Å². The molecule has 0 saturated heterocycles. The van der Waals surface area contributed by atoms with Crippen LogP contribution in [-0.2, 0) is 4.79 Å². The molecule has 1 heterocycles. The van der Waals surface area contributed by atoms with Gasteiger partial charge in [-0.25, -0.2) is 0 Å². The molecule has 0 bridgehead atoms. The number of Topliss-reactive ketones (excluding diaryl/α,β-unsaturated/α-hetero) is 1. The second kappa shape index (κ2) is 6.69. The Balaban J connectivity index is 1.94. The van der Waals surface area contributed by atoms with Gasteiger partial charge in [0.2, 0.25) is 0 Å². The van der Waals surface area contributed by atoms with Crippen LogP contribution in [0.2, 0.25) is 0 Å². The maximum Gasteiger partial charge on any atom is 0.163 e. The number of rotatable bonds is 2. The number of carbonyl (C=O) groups excluding carboxylic acids is 1. The predicted octanol–water partition coefficient (Wildman–Crippen LogP) is 5.53. The Labute approximate surface area is 167 Å². The first kappa shape index (κ1) is 18.6. The van der Waals surface area contributed by atoms with Crippen molar-refractivity contribution in [2.45, 2.75) is 46.6 Å². The Morgan fingerprint density at radius 3 is 2.43 bits per heavy atom. The number of ether oxygens (including phenoxy) is 1. The number of ketones is 1. The molecule has 0 amide bonds. The first-order chi connectivity index (χ1) is 13.3. The number of carbonyl (C=O) groups is 1. The molecule has 0 radical (unpaired) electrons. The number of hydrogen-bond acceptors (Lipinski definition) is 4. The molecule has 2 aromatic rings. The molecule has 4 nitrogen and oxygen atoms in total. The Bertz CT molecular complexity index is 988. The van der Waals surface area contributed by atoms with Gasteiger partial charge in [-0.1, -0.05) is 32.0 Å². The standard InChI is InChI=1S/C24H28N2O2/c1-14-10-17-18(11-15(14)2)26-23(16-8-6-7-9-21(16)28-5)22-19(25-17)12-24(3,4)13-20(22)27/h6-11,23,25-26H,12-13H2,1-5H3. The van der Waals surface area contributed by atoms with Crippen LogP contribution in [-0.4, -0.2) is 12.9 Å². The van der Waals surface area contributed by atoms with E-state index in [0.717, 1.165) is 40.4 Å². The molecule has 0 spiro atoms. The van der Waals surface area contributed by atoms with Gasteiger partial charge >= 0.3 is 0 Å². The van der Waals surface area contributed by atoms with Crippen LogP contribution >= 0.6 is 0 Å². The van der Waals surface area contributed by atoms with E-state index in [1.54, 1.807) is 7.11 Å². The van der Waals surface area contributed by atoms with E-state index in [2.05, 4.69) is 50.5 Å². The maximum absolute atomic E-state index is 13.3. The average molecular weight is 377 g/mol. The van der Waals surface area contributed by atoms with E-state index in [4.69, 9.17) is 4.74 Å². The van der Waals surface area contributed by atoms with Gasteiger partial charge in [-0.2, -0.15) is 0 Å². The first-order valence-electron chi connectivity index (χ1n) is 9.83. The van der Waals surface area contributed by atoms with Crippen LogP contribution in [0.5, 0.6) is 5.75 Å². The van der Waals surface area contributed by atoms with Gasteiger partial charge in [-0.15, -0.1) is 0 Å². The third-order valence-corrected chi connectivity index (χ3v) is 5.88. The van der Waals surface area contributed by atoms with Crippen molar-refractivity contribution in [3.63, 3.8) is 0 Å². The van der Waals surface area contributed by atoms with Crippen LogP contribution in [0.15, 0.2) is 47.7 Å². The minimum atomic E-state index is -0.245. The van der Waals surface area contributed by atoms with Crippen LogP contribution in [0.1, 0.15) is 49.4 Å². The second-order valence-corrected chi connectivity index (χ2v) is 8.76. The lowest BCUT2D eigenvalue weighted by molar-refractivity contribution is -0.118. The summed E-state index contributed by atoms with van der Waals surface area (Å²) < 4.78 is 5.63. The Morgan fingerprint density at radius 2 is 1.71 bits per heavy atom. The molecular formula is C24H28N2O2. The first-order valence-corrected chi connectivity index (χ1v) is 9.83. The number of benzene rings is 2. The molecule has 0 aromatic heterocycles. The lowest BCUT2D eigenvalue weighted by atomic mass is 9.73. The molecule has 0 fully saturated rings. The van der Waals surface area contributed by atoms with Gasteiger partial charge in [0.15, 0.2) is 5.78 Å². The highest BCUT2D eigenvalue weighted by molar-refractivity contribution is 6.01. The summed E-state index contributed by atoms with van der Waals surface area (Å²) in [6.45, 7) is 8.55. The fourth-order valence-electron chi connectivity index (χ4n) is 4.35. The average Bonchev–Trinajstić information content (AvgIpc) is 2.77. The summed E-state index contributed by atoms with van der Waals surface area (Å²) in [7, 11) is 1.68. The highest BCUT2D eigenvalue weighted by Gasteiger charge is 2.39. The van der Waals surface area contributed by atoms with E-state index in [9.17, 15) is 4.79 Å². The predicted molar refractivity (Wildman–Crippen MR) is 114 cm³/mol. The molecule has 146 valence electrons. The topological polar surface area (TPSA) is 50.4 Å². The summed E-state index contributed by atoms with van der Waals surface area (Å²) in [6, 6.07) is 12.0. The number of anilines is 2. The van der Waals surface area contributed by atoms with Gasteiger partial charge in [0.25, 0.3) is 0 Å². The Hall–Kier alpha value is -2.75. The number of hydrogen-bond donors (Lipinski definition) is 2. The van der Waals surface area contributed by atoms with E-state index in [1.165, 1.54) is 11.1 Å². The highest BCUT2D eigenvalue weighted by Crippen LogP contribution is 2.47. The molecule has 0 saturated carbocycles. The molecule has 1 atom stereocenters. The minimum Gasteiger partial charge on any atom is -0.496 e. The van der Waals surface area contributed by atoms with E-state index in [-0.39, 0.29) is 17.2 Å². The van der Waals surface area contributed by atoms with Gasteiger partial charge in [0.1, 0.15) is 5.75 Å². The van der Waals surface area contributed by atoms with Gasteiger partial charge < -0.3 is 15.4 Å². The van der Waals surface area contributed by atoms with Crippen molar-refractivity contribution in [2.75, 3.05) is 17.7 Å². The zero-order chi connectivity index (χ0) is 20.1. The van der Waals surface area contributed by atoms with Gasteiger partial charge in [0, 0.05) is 23.3 Å². The smallest absolute Gasteiger partial charge is 0.163 e. The second-order valence-electron chi connectivity index (χ2n) is 8.76. The number of para-hydroxylation sites is 1. The van der Waals surface area contributed by atoms with Crippen molar-refractivity contribution in [1.29, 1.82) is 0 Å². The monoisotopic (exact) mass is 376 g/mol. The van der Waals surface area contributed by atoms with Gasteiger partial charge in [0.05, 0.1) is 24.5 Å². The molecule has 28 heavy (non-hydrogen) atoms. The third-order valence-electron chi connectivity index (χ3n) is 5.88. The number of fused-ring (bicyclic) bond motifs is 1. The summed E-state index contributed by atoms with van der Waals surface area (Å²) in [5.74, 6) is 0.986. The lowest BCUT2D eigenvalue weighted by Gasteiger charge is -2.34. The number of nitrogens with one attached hydrogen (secondary N) is 2. The normalized spacial score (nSPS) is 20.5. The molecule has 1 aliphatic heterocycles. The summed E-state index contributed by atoms with van der Waals surface area (Å²) in [5, 5.41) is 7.26. The molecule has 4 rings (SSSR count). The quantitative estimate of drug-likeness (QED) is 0.723. The SMILES string of the molecule is COc1ccccc1C1Nc2cc(C)c(C)cc2NC2=C1C(=O)CC(C)(C)C2. The summed E-state index contributed by atoms with van der Waals surface area (Å²) in [6.07, 6.45) is 1.39. The zero-order valence-corrected chi connectivity index (χ0v) is 17.3. The zero-order valence-electron chi connectivity index (χ0n) is 17.3. The van der Waals surface area contributed by atoms with Crippen molar-refractivity contribution < 1.29 is 9.53 Å². The van der Waals surface area contributed by atoms with Crippen molar-refractivity contribution in [3.05, 3.63) is 64.4 Å². The van der Waals surface area contributed by atoms with Crippen molar-refractivity contribution in [1.82, 2.24) is 0 Å². The molecule has 1 aliphatic carbocycles. The van der Waals surface area contributed by atoms with Gasteiger partial charge in [-0.05, 0) is 55.0 Å². The number of methoxy groups -OCH3 is 1. The summed E-state index contributed by atoms with van der Waals surface area (Å²) in [5.41, 5.74) is 7.27. The fraction of sp³-hybridized carbons (Fsp3) is 0.375. The van der Waals surface area contributed by atoms with Crippen LogP contribution in [0, 0.1) is 19.3 Å². The maximum atomic E-state index is 13.3. The van der Waals surface area contributed by atoms with Crippen LogP contribution in [0.3, 0.4) is 0 Å². The highest BCUT2D eigenvalue weighted by atomic mass is 16.5. The van der Waals surface area contributed by atoms with E-state index in [1.807, 2.05) is 24.3 Å². The van der Waals surface area contributed by atoms with Crippen molar-refractivity contribution >= 4 is 17.2 Å². The number of aryl methyl sites for hydroxylation is 2. The molecule has 2 N–H and O–H groups in total. The minimum absolute atomic E-state index is 0.0571. The van der Waals surface area contributed by atoms with E-state index < -0.39 is 0 Å². The van der Waals surface area contributed by atoms with Crippen molar-refractivity contribution in [2.24, 2.45) is 5.41 Å². The molecule has 1 unspecified atom stereocenters. The largest absolute Gasteiger partial charge is 0.496 e. The Morgan fingerprint density at radius 1 is 1.04 bits per heavy atom. The third kappa shape index (κ3) is 3.17. The summed E-state index contributed by atoms with van der Waals surface area (Å²) in [4.78, 5) is 13.3. The van der Waals surface area contributed by atoms with Gasteiger partial charge in [-0.3, -0.25) is 4.79 Å². The molecule has 2 aromatic carbocycles. The molecule has 4 heteroatoms. The Kier molecular flexibility index (Phi) is 4.45. The molecule has 2 aliphatic rings. The van der Waals surface area contributed by atoms with Crippen molar-refractivity contribution in [3.8, 4) is 5.75 Å². The molecular weight excluding hydrogens is 348 g/mol. The number of allylic oxidation sites excluding steroid dienone is 1. The fourth-order valence-corrected chi connectivity index (χ4v) is 4.35. The van der Waals surface area contributed by atoms with E-state index >= 15 is 0 Å². The van der Waals surface area contributed by atoms with Crippen LogP contribution in [0.4, 0.5) is 11.4 Å². The lowest BCUT2D eigenvalue weighted by Crippen LogP contribution is -2.31. The van der Waals surface area contributed by atoms with E-state index in [0.29, 0.717) is 6.42 Å². The van der Waals surface area contributed by atoms with Crippen LogP contribution < -0.4 is 15.4 Å².